The first-order valence-electron chi connectivity index (χ1n) is 19.2. The topological polar surface area (TPSA) is 34.1 Å². The minimum absolute atomic E-state index is 0.332. The van der Waals surface area contributed by atoms with Crippen LogP contribution in [0, 0.1) is 27.7 Å². The summed E-state index contributed by atoms with van der Waals surface area (Å²) < 4.78 is 32.3. The molecule has 0 amide bonds. The van der Waals surface area contributed by atoms with Gasteiger partial charge in [-0.25, -0.2) is 0 Å². The van der Waals surface area contributed by atoms with Gasteiger partial charge in [-0.3, -0.25) is 0 Å². The third-order valence-corrected chi connectivity index (χ3v) is 17.8. The highest BCUT2D eigenvalue weighted by Crippen LogP contribution is 2.61. The second-order valence-corrected chi connectivity index (χ2v) is 21.9. The summed E-state index contributed by atoms with van der Waals surface area (Å²) in [5.41, 5.74) is 14.1. The molecular formula is C49H50O2P2. The third-order valence-electron chi connectivity index (χ3n) is 11.8. The fraction of sp³-hybridized carbons (Fsp3) is 0.265. The Morgan fingerprint density at radius 3 is 1.04 bits per heavy atom. The van der Waals surface area contributed by atoms with Crippen molar-refractivity contribution in [1.29, 1.82) is 0 Å². The number of aryl methyl sites for hydroxylation is 6. The van der Waals surface area contributed by atoms with Crippen LogP contribution in [0.3, 0.4) is 0 Å². The Bertz CT molecular complexity index is 2160. The van der Waals surface area contributed by atoms with Gasteiger partial charge in [0.2, 0.25) is 0 Å². The Balaban J connectivity index is 1.32. The van der Waals surface area contributed by atoms with Crippen LogP contribution in [0.4, 0.5) is 0 Å². The van der Waals surface area contributed by atoms with Crippen molar-refractivity contribution in [1.82, 2.24) is 0 Å². The summed E-state index contributed by atoms with van der Waals surface area (Å²) in [5.74, 6) is 0. The Kier molecular flexibility index (Phi) is 9.60. The van der Waals surface area contributed by atoms with Crippen molar-refractivity contribution in [2.75, 3.05) is 0 Å². The van der Waals surface area contributed by atoms with Gasteiger partial charge in [0.05, 0.1) is 0 Å². The van der Waals surface area contributed by atoms with Gasteiger partial charge in [0.15, 0.2) is 0 Å². The smallest absolute Gasteiger partial charge is 0.124 e. The molecule has 0 unspecified atom stereocenters. The Labute approximate surface area is 316 Å². The van der Waals surface area contributed by atoms with E-state index in [1.165, 1.54) is 44.5 Å². The Hall–Kier alpha value is -4.22. The molecule has 0 atom stereocenters. The number of fused-ring (bicyclic) bond motifs is 4. The molecule has 0 aromatic heterocycles. The van der Waals surface area contributed by atoms with Crippen LogP contribution in [-0.4, -0.2) is 0 Å². The van der Waals surface area contributed by atoms with Crippen LogP contribution in [-0.2, 0) is 52.0 Å². The molecule has 0 bridgehead atoms. The Morgan fingerprint density at radius 2 is 0.736 bits per heavy atom. The average molecular weight is 733 g/mol. The molecule has 0 radical (unpaired) electrons. The highest BCUT2D eigenvalue weighted by molar-refractivity contribution is 7.70. The summed E-state index contributed by atoms with van der Waals surface area (Å²) in [7, 11) is -6.06. The Morgan fingerprint density at radius 1 is 0.434 bits per heavy atom. The monoisotopic (exact) mass is 732 g/mol. The lowest BCUT2D eigenvalue weighted by atomic mass is 9.76. The van der Waals surface area contributed by atoms with Crippen LogP contribution in [0.25, 0.3) is 0 Å². The van der Waals surface area contributed by atoms with E-state index in [0.717, 1.165) is 58.5 Å². The van der Waals surface area contributed by atoms with Crippen molar-refractivity contribution in [3.63, 3.8) is 0 Å². The van der Waals surface area contributed by atoms with Crippen molar-refractivity contribution >= 4 is 24.9 Å². The van der Waals surface area contributed by atoms with Crippen molar-refractivity contribution < 1.29 is 9.13 Å². The van der Waals surface area contributed by atoms with Gasteiger partial charge in [-0.15, -0.1) is 0 Å². The van der Waals surface area contributed by atoms with Crippen LogP contribution < -0.4 is 10.6 Å². The van der Waals surface area contributed by atoms with Crippen molar-refractivity contribution in [3.8, 4) is 0 Å². The molecule has 53 heavy (non-hydrogen) atoms. The number of hydrogen-bond acceptors (Lipinski definition) is 2. The van der Waals surface area contributed by atoms with E-state index in [0.29, 0.717) is 24.6 Å². The van der Waals surface area contributed by atoms with Crippen LogP contribution in [0.1, 0.15) is 79.6 Å². The standard InChI is InChI=1S/C49H50O2P2/c1-35-11-5-15-39(27-35)31-52(50,32-40-16-6-12-36(2)28-40)45-21-9-19-43-23-25-49(47(43)45)26-24-44-20-10-22-46(48(44)49)53(51,33-41-17-7-13-37(3)29-41)34-42-18-8-14-38(4)30-42/h5-22,27-30H,23-26,31-34H2,1-4H3. The molecular weight excluding hydrogens is 682 g/mol. The maximum atomic E-state index is 16.2. The molecule has 0 heterocycles. The van der Waals surface area contributed by atoms with Gasteiger partial charge < -0.3 is 9.13 Å². The fourth-order valence-corrected chi connectivity index (χ4v) is 16.0. The molecule has 2 nitrogen and oxygen atoms in total. The zero-order chi connectivity index (χ0) is 36.8. The van der Waals surface area contributed by atoms with E-state index in [9.17, 15) is 0 Å². The minimum Gasteiger partial charge on any atom is -0.318 e. The molecule has 2 aliphatic carbocycles. The van der Waals surface area contributed by atoms with Crippen LogP contribution in [0.15, 0.2) is 133 Å². The van der Waals surface area contributed by atoms with E-state index in [1.807, 2.05) is 0 Å². The molecule has 6 aromatic rings. The van der Waals surface area contributed by atoms with Gasteiger partial charge in [-0.1, -0.05) is 156 Å². The van der Waals surface area contributed by atoms with E-state index >= 15 is 9.13 Å². The number of rotatable bonds is 10. The van der Waals surface area contributed by atoms with Gasteiger partial charge in [0.1, 0.15) is 14.3 Å². The van der Waals surface area contributed by atoms with Crippen LogP contribution in [0.5, 0.6) is 0 Å². The summed E-state index contributed by atoms with van der Waals surface area (Å²) in [6.07, 6.45) is 5.84. The fourth-order valence-electron chi connectivity index (χ4n) is 9.69. The largest absolute Gasteiger partial charge is 0.318 e. The lowest BCUT2D eigenvalue weighted by Gasteiger charge is -2.35. The molecule has 2 aliphatic rings. The zero-order valence-electron chi connectivity index (χ0n) is 31.6. The molecule has 1 spiro atoms. The highest BCUT2D eigenvalue weighted by Gasteiger charge is 2.51. The van der Waals surface area contributed by atoms with Gasteiger partial charge in [0, 0.05) is 40.7 Å². The summed E-state index contributed by atoms with van der Waals surface area (Å²) in [4.78, 5) is 0. The molecule has 0 saturated heterocycles. The first kappa shape index (κ1) is 35.8. The van der Waals surface area contributed by atoms with Crippen LogP contribution in [0.2, 0.25) is 0 Å². The molecule has 6 aromatic carbocycles. The van der Waals surface area contributed by atoms with E-state index in [-0.39, 0.29) is 5.41 Å². The van der Waals surface area contributed by atoms with E-state index < -0.39 is 14.3 Å². The number of hydrogen-bond donors (Lipinski definition) is 0. The van der Waals surface area contributed by atoms with Gasteiger partial charge in [-0.05, 0) is 97.9 Å². The van der Waals surface area contributed by atoms with Gasteiger partial charge >= 0.3 is 0 Å². The quantitative estimate of drug-likeness (QED) is 0.131. The molecule has 8 rings (SSSR count). The van der Waals surface area contributed by atoms with Gasteiger partial charge in [-0.2, -0.15) is 0 Å². The van der Waals surface area contributed by atoms with Gasteiger partial charge in [0.25, 0.3) is 0 Å². The molecule has 268 valence electrons. The second kappa shape index (κ2) is 14.2. The van der Waals surface area contributed by atoms with Crippen molar-refractivity contribution in [2.45, 2.75) is 83.4 Å². The maximum Gasteiger partial charge on any atom is 0.124 e. The summed E-state index contributed by atoms with van der Waals surface area (Å²) in [6.45, 7) is 8.47. The third kappa shape index (κ3) is 6.98. The molecule has 0 N–H and O–H groups in total. The first-order chi connectivity index (χ1) is 25.5. The zero-order valence-corrected chi connectivity index (χ0v) is 33.4. The minimum atomic E-state index is -3.03. The lowest BCUT2D eigenvalue weighted by Crippen LogP contribution is -2.33. The van der Waals surface area contributed by atoms with E-state index in [2.05, 4.69) is 161 Å². The van der Waals surface area contributed by atoms with Crippen molar-refractivity contribution in [2.24, 2.45) is 0 Å². The SMILES string of the molecule is Cc1cccc(CP(=O)(Cc2cccc(C)c2)c2cccc3c2C2(CC3)CCc3cccc(P(=O)(Cc4cccc(C)c4)Cc4cccc(C)c4)c32)c1. The maximum absolute atomic E-state index is 16.2. The normalized spacial score (nSPS) is 14.7. The predicted molar refractivity (Wildman–Crippen MR) is 224 cm³/mol. The summed E-state index contributed by atoms with van der Waals surface area (Å²) >= 11 is 0. The lowest BCUT2D eigenvalue weighted by molar-refractivity contribution is 0.509. The van der Waals surface area contributed by atoms with E-state index in [4.69, 9.17) is 0 Å². The average Bonchev–Trinajstić information content (AvgIpc) is 3.69. The molecule has 4 heteroatoms. The van der Waals surface area contributed by atoms with E-state index in [1.54, 1.807) is 0 Å². The first-order valence-corrected chi connectivity index (χ1v) is 23.3. The van der Waals surface area contributed by atoms with Crippen molar-refractivity contribution in [3.05, 3.63) is 200 Å². The predicted octanol–water partition coefficient (Wildman–Crippen LogP) is 11.9. The van der Waals surface area contributed by atoms with Crippen LogP contribution >= 0.6 is 14.3 Å². The summed E-state index contributed by atoms with van der Waals surface area (Å²) in [6, 6.07) is 47.5. The molecule has 0 fully saturated rings. The molecule has 0 saturated carbocycles. The molecule has 0 aliphatic heterocycles. The summed E-state index contributed by atoms with van der Waals surface area (Å²) in [5, 5.41) is 2.07. The highest BCUT2D eigenvalue weighted by atomic mass is 31.2. The number of benzene rings is 6. The second-order valence-electron chi connectivity index (χ2n) is 16.1.